The summed E-state index contributed by atoms with van der Waals surface area (Å²) in [5.74, 6) is 0.999. The fourth-order valence-electron chi connectivity index (χ4n) is 2.72. The molecule has 3 atom stereocenters. The number of ether oxygens (including phenoxy) is 1. The summed E-state index contributed by atoms with van der Waals surface area (Å²) in [5, 5.41) is 3.29. The van der Waals surface area contributed by atoms with Gasteiger partial charge < -0.3 is 4.74 Å². The highest BCUT2D eigenvalue weighted by Gasteiger charge is 2.38. The van der Waals surface area contributed by atoms with Crippen molar-refractivity contribution in [3.63, 3.8) is 0 Å². The molecule has 2 bridgehead atoms. The van der Waals surface area contributed by atoms with E-state index in [0.29, 0.717) is 22.5 Å². The van der Waals surface area contributed by atoms with Crippen LogP contribution >= 0.6 is 11.6 Å². The van der Waals surface area contributed by atoms with Gasteiger partial charge >= 0.3 is 6.09 Å². The standard InChI is InChI=1S/C14H14ClNO2/c15-11-2-1-3-12(8-11)16-14(17)18-13-7-9-4-5-10(13)6-9/h1-5,8-10,13H,6-7H2,(H,16,17)/t9-,10-,13+/m0/s1. The predicted octanol–water partition coefficient (Wildman–Crippen LogP) is 3.85. The van der Waals surface area contributed by atoms with Gasteiger partial charge in [0.05, 0.1) is 0 Å². The van der Waals surface area contributed by atoms with Crippen molar-refractivity contribution in [2.45, 2.75) is 18.9 Å². The highest BCUT2D eigenvalue weighted by Crippen LogP contribution is 2.40. The molecule has 4 heteroatoms. The number of anilines is 1. The number of fused-ring (bicyclic) bond motifs is 2. The highest BCUT2D eigenvalue weighted by molar-refractivity contribution is 6.30. The van der Waals surface area contributed by atoms with Crippen LogP contribution in [0.5, 0.6) is 0 Å². The summed E-state index contributed by atoms with van der Waals surface area (Å²) < 4.78 is 5.44. The van der Waals surface area contributed by atoms with E-state index >= 15 is 0 Å². The normalized spacial score (nSPS) is 28.4. The number of benzene rings is 1. The topological polar surface area (TPSA) is 38.3 Å². The van der Waals surface area contributed by atoms with E-state index in [9.17, 15) is 4.79 Å². The molecule has 0 aliphatic heterocycles. The van der Waals surface area contributed by atoms with Gasteiger partial charge in [0.1, 0.15) is 6.10 Å². The van der Waals surface area contributed by atoms with E-state index in [1.165, 1.54) is 0 Å². The first kappa shape index (κ1) is 11.6. The van der Waals surface area contributed by atoms with Crippen LogP contribution < -0.4 is 5.32 Å². The van der Waals surface area contributed by atoms with Crippen molar-refractivity contribution in [3.05, 3.63) is 41.4 Å². The van der Waals surface area contributed by atoms with Gasteiger partial charge in [0.2, 0.25) is 0 Å². The number of hydrogen-bond donors (Lipinski definition) is 1. The van der Waals surface area contributed by atoms with Crippen LogP contribution in [-0.4, -0.2) is 12.2 Å². The first-order valence-electron chi connectivity index (χ1n) is 6.12. The molecule has 2 aliphatic rings. The van der Waals surface area contributed by atoms with E-state index in [1.807, 2.05) is 0 Å². The molecular weight excluding hydrogens is 250 g/mol. The minimum atomic E-state index is -0.400. The molecule has 3 rings (SSSR count). The van der Waals surface area contributed by atoms with Crippen molar-refractivity contribution >= 4 is 23.4 Å². The van der Waals surface area contributed by atoms with Crippen LogP contribution in [-0.2, 0) is 4.74 Å². The zero-order chi connectivity index (χ0) is 12.5. The molecule has 0 unspecified atom stereocenters. The summed E-state index contributed by atoms with van der Waals surface area (Å²) in [5.41, 5.74) is 0.659. The SMILES string of the molecule is O=C(Nc1cccc(Cl)c1)O[C@@H]1C[C@H]2C=C[C@H]1C2. The smallest absolute Gasteiger partial charge is 0.411 e. The molecule has 1 aromatic rings. The molecule has 1 aromatic carbocycles. The molecule has 1 N–H and O–H groups in total. The number of hydrogen-bond acceptors (Lipinski definition) is 2. The van der Waals surface area contributed by atoms with Crippen molar-refractivity contribution < 1.29 is 9.53 Å². The molecule has 3 nitrogen and oxygen atoms in total. The second-order valence-corrected chi connectivity index (χ2v) is 5.30. The van der Waals surface area contributed by atoms with Gasteiger partial charge in [-0.3, -0.25) is 5.32 Å². The number of rotatable bonds is 2. The number of amides is 1. The third-order valence-electron chi connectivity index (χ3n) is 3.55. The lowest BCUT2D eigenvalue weighted by atomic mass is 10.1. The van der Waals surface area contributed by atoms with Gasteiger partial charge in [-0.1, -0.05) is 29.8 Å². The molecule has 0 aromatic heterocycles. The number of halogens is 1. The quantitative estimate of drug-likeness (QED) is 0.823. The minimum Gasteiger partial charge on any atom is -0.445 e. The average molecular weight is 264 g/mol. The third-order valence-corrected chi connectivity index (χ3v) is 3.78. The molecule has 18 heavy (non-hydrogen) atoms. The predicted molar refractivity (Wildman–Crippen MR) is 70.7 cm³/mol. The van der Waals surface area contributed by atoms with Gasteiger partial charge in [0, 0.05) is 16.6 Å². The van der Waals surface area contributed by atoms with Crippen molar-refractivity contribution in [3.8, 4) is 0 Å². The van der Waals surface area contributed by atoms with Gasteiger partial charge in [0.15, 0.2) is 0 Å². The maximum atomic E-state index is 11.8. The van der Waals surface area contributed by atoms with E-state index in [-0.39, 0.29) is 6.10 Å². The number of allylic oxidation sites excluding steroid dienone is 1. The molecule has 1 fully saturated rings. The van der Waals surface area contributed by atoms with Crippen molar-refractivity contribution in [2.75, 3.05) is 5.32 Å². The lowest BCUT2D eigenvalue weighted by Crippen LogP contribution is -2.25. The Morgan fingerprint density at radius 1 is 1.33 bits per heavy atom. The molecule has 1 saturated carbocycles. The Balaban J connectivity index is 1.58. The maximum Gasteiger partial charge on any atom is 0.411 e. The van der Waals surface area contributed by atoms with Crippen molar-refractivity contribution in [1.82, 2.24) is 0 Å². The molecule has 0 saturated heterocycles. The molecule has 94 valence electrons. The largest absolute Gasteiger partial charge is 0.445 e. The van der Waals surface area contributed by atoms with Crippen LogP contribution in [0.1, 0.15) is 12.8 Å². The lowest BCUT2D eigenvalue weighted by molar-refractivity contribution is 0.0957. The number of carbonyl (C=O) groups excluding carboxylic acids is 1. The van der Waals surface area contributed by atoms with Crippen molar-refractivity contribution in [2.24, 2.45) is 11.8 Å². The Morgan fingerprint density at radius 2 is 2.22 bits per heavy atom. The zero-order valence-corrected chi connectivity index (χ0v) is 10.6. The fourth-order valence-corrected chi connectivity index (χ4v) is 2.91. The van der Waals surface area contributed by atoms with Crippen LogP contribution in [0.15, 0.2) is 36.4 Å². The molecular formula is C14H14ClNO2. The molecule has 1 amide bonds. The van der Waals surface area contributed by atoms with E-state index in [1.54, 1.807) is 24.3 Å². The van der Waals surface area contributed by atoms with Crippen LogP contribution in [0.4, 0.5) is 10.5 Å². The first-order chi connectivity index (χ1) is 8.70. The fraction of sp³-hybridized carbons (Fsp3) is 0.357. The zero-order valence-electron chi connectivity index (χ0n) is 9.80. The van der Waals surface area contributed by atoms with Gasteiger partial charge in [0.25, 0.3) is 0 Å². The Labute approximate surface area is 111 Å². The highest BCUT2D eigenvalue weighted by atomic mass is 35.5. The molecule has 2 aliphatic carbocycles. The molecule has 0 radical (unpaired) electrons. The summed E-state index contributed by atoms with van der Waals surface area (Å²) >= 11 is 5.85. The number of carbonyl (C=O) groups is 1. The van der Waals surface area contributed by atoms with Crippen molar-refractivity contribution in [1.29, 1.82) is 0 Å². The van der Waals surface area contributed by atoms with E-state index < -0.39 is 6.09 Å². The van der Waals surface area contributed by atoms with Gasteiger partial charge in [-0.25, -0.2) is 4.79 Å². The van der Waals surface area contributed by atoms with Crippen LogP contribution in [0.25, 0.3) is 0 Å². The monoisotopic (exact) mass is 263 g/mol. The minimum absolute atomic E-state index is 0.0270. The summed E-state index contributed by atoms with van der Waals surface area (Å²) in [6.45, 7) is 0. The third kappa shape index (κ3) is 2.36. The lowest BCUT2D eigenvalue weighted by Gasteiger charge is -2.19. The Kier molecular flexibility index (Phi) is 3.00. The summed E-state index contributed by atoms with van der Waals surface area (Å²) in [6.07, 6.45) is 6.08. The molecule has 0 spiro atoms. The second kappa shape index (κ2) is 4.65. The van der Waals surface area contributed by atoms with E-state index in [0.717, 1.165) is 12.8 Å². The summed E-state index contributed by atoms with van der Waals surface area (Å²) in [6, 6.07) is 7.04. The Bertz CT molecular complexity index is 500. The van der Waals surface area contributed by atoms with Crippen LogP contribution in [0, 0.1) is 11.8 Å². The molecule has 0 heterocycles. The maximum absolute atomic E-state index is 11.8. The van der Waals surface area contributed by atoms with Gasteiger partial charge in [-0.15, -0.1) is 0 Å². The summed E-state index contributed by atoms with van der Waals surface area (Å²) in [4.78, 5) is 11.8. The summed E-state index contributed by atoms with van der Waals surface area (Å²) in [7, 11) is 0. The number of nitrogens with one attached hydrogen (secondary N) is 1. The Morgan fingerprint density at radius 3 is 2.89 bits per heavy atom. The second-order valence-electron chi connectivity index (χ2n) is 4.86. The van der Waals surface area contributed by atoms with Crippen LogP contribution in [0.3, 0.4) is 0 Å². The van der Waals surface area contributed by atoms with E-state index in [4.69, 9.17) is 16.3 Å². The Hall–Kier alpha value is -1.48. The average Bonchev–Trinajstić information content (AvgIpc) is 2.90. The van der Waals surface area contributed by atoms with Crippen LogP contribution in [0.2, 0.25) is 5.02 Å². The van der Waals surface area contributed by atoms with Gasteiger partial charge in [-0.05, 0) is 37.0 Å². The van der Waals surface area contributed by atoms with Gasteiger partial charge in [-0.2, -0.15) is 0 Å². The first-order valence-corrected chi connectivity index (χ1v) is 6.50. The van der Waals surface area contributed by atoms with E-state index in [2.05, 4.69) is 17.5 Å².